The number of rotatable bonds is 7. The first-order chi connectivity index (χ1) is 10.9. The van der Waals surface area contributed by atoms with E-state index in [0.717, 1.165) is 31.2 Å². The average molecular weight is 320 g/mol. The zero-order valence-electron chi connectivity index (χ0n) is 13.4. The van der Waals surface area contributed by atoms with E-state index in [-0.39, 0.29) is 11.6 Å². The van der Waals surface area contributed by atoms with Crippen molar-refractivity contribution in [3.63, 3.8) is 0 Å². The summed E-state index contributed by atoms with van der Waals surface area (Å²) in [7, 11) is 0. The molecule has 0 aliphatic heterocycles. The van der Waals surface area contributed by atoms with Gasteiger partial charge in [-0.05, 0) is 37.8 Å². The first-order valence-electron chi connectivity index (χ1n) is 7.98. The van der Waals surface area contributed by atoms with E-state index in [0.29, 0.717) is 25.2 Å². The third-order valence-electron chi connectivity index (χ3n) is 4.25. The molecule has 7 nitrogen and oxygen atoms in total. The van der Waals surface area contributed by atoms with Gasteiger partial charge < -0.3 is 16.4 Å². The topological polar surface area (TPSA) is 110 Å². The van der Waals surface area contributed by atoms with Crippen LogP contribution in [0.25, 0.3) is 0 Å². The van der Waals surface area contributed by atoms with Crippen LogP contribution in [0.15, 0.2) is 18.2 Å². The van der Waals surface area contributed by atoms with Gasteiger partial charge in [-0.2, -0.15) is 0 Å². The number of carbonyl (C=O) groups is 1. The third kappa shape index (κ3) is 4.41. The summed E-state index contributed by atoms with van der Waals surface area (Å²) >= 11 is 0. The number of amides is 1. The highest BCUT2D eigenvalue weighted by molar-refractivity contribution is 5.86. The maximum atomic E-state index is 12.0. The molecule has 23 heavy (non-hydrogen) atoms. The lowest BCUT2D eigenvalue weighted by molar-refractivity contribution is -0.384. The van der Waals surface area contributed by atoms with Gasteiger partial charge in [-0.1, -0.05) is 18.9 Å². The van der Waals surface area contributed by atoms with Crippen LogP contribution in [0.3, 0.4) is 0 Å². The van der Waals surface area contributed by atoms with E-state index in [1.807, 2.05) is 13.0 Å². The third-order valence-corrected chi connectivity index (χ3v) is 4.25. The second-order valence-electron chi connectivity index (χ2n) is 6.18. The summed E-state index contributed by atoms with van der Waals surface area (Å²) in [5.41, 5.74) is 6.78. The standard InChI is InChI=1S/C16H24N4O3/c1-12-5-6-13(14(11-12)20(22)23)18-9-4-10-19-15(21)16(17)7-2-3-8-16/h5-6,11,18H,2-4,7-10,17H2,1H3,(H,19,21). The Morgan fingerprint density at radius 3 is 2.70 bits per heavy atom. The molecule has 1 fully saturated rings. The molecular weight excluding hydrogens is 296 g/mol. The van der Waals surface area contributed by atoms with Crippen LogP contribution in [-0.4, -0.2) is 29.5 Å². The van der Waals surface area contributed by atoms with Gasteiger partial charge in [0.25, 0.3) is 5.69 Å². The van der Waals surface area contributed by atoms with Gasteiger partial charge in [0, 0.05) is 19.2 Å². The summed E-state index contributed by atoms with van der Waals surface area (Å²) in [5, 5.41) is 16.9. The molecule has 1 aromatic carbocycles. The summed E-state index contributed by atoms with van der Waals surface area (Å²) in [6.45, 7) is 2.87. The first-order valence-corrected chi connectivity index (χ1v) is 7.98. The molecule has 0 bridgehead atoms. The maximum Gasteiger partial charge on any atom is 0.292 e. The van der Waals surface area contributed by atoms with E-state index < -0.39 is 10.5 Å². The fourth-order valence-corrected chi connectivity index (χ4v) is 2.86. The van der Waals surface area contributed by atoms with Crippen LogP contribution in [-0.2, 0) is 4.79 Å². The molecule has 0 saturated heterocycles. The summed E-state index contributed by atoms with van der Waals surface area (Å²) in [6.07, 6.45) is 4.16. The van der Waals surface area contributed by atoms with Crippen molar-refractivity contribution in [2.24, 2.45) is 5.73 Å². The van der Waals surface area contributed by atoms with Gasteiger partial charge in [-0.3, -0.25) is 14.9 Å². The van der Waals surface area contributed by atoms with E-state index in [9.17, 15) is 14.9 Å². The maximum absolute atomic E-state index is 12.0. The monoisotopic (exact) mass is 320 g/mol. The fraction of sp³-hybridized carbons (Fsp3) is 0.562. The molecule has 1 aromatic rings. The Hall–Kier alpha value is -2.15. The minimum absolute atomic E-state index is 0.0703. The normalized spacial score (nSPS) is 16.1. The lowest BCUT2D eigenvalue weighted by atomic mass is 9.98. The van der Waals surface area contributed by atoms with E-state index in [2.05, 4.69) is 10.6 Å². The van der Waals surface area contributed by atoms with E-state index in [4.69, 9.17) is 5.73 Å². The number of nitrogens with one attached hydrogen (secondary N) is 2. The number of aryl methyl sites for hydroxylation is 1. The van der Waals surface area contributed by atoms with Gasteiger partial charge in [0.2, 0.25) is 5.91 Å². The van der Waals surface area contributed by atoms with E-state index in [1.54, 1.807) is 12.1 Å². The Labute approximate surface area is 135 Å². The number of nitro groups is 1. The second kappa shape index (κ2) is 7.41. The van der Waals surface area contributed by atoms with Gasteiger partial charge in [0.1, 0.15) is 5.69 Å². The molecule has 1 aliphatic carbocycles. The highest BCUT2D eigenvalue weighted by atomic mass is 16.6. The number of anilines is 1. The van der Waals surface area contributed by atoms with Crippen molar-refractivity contribution in [1.82, 2.24) is 5.32 Å². The smallest absolute Gasteiger partial charge is 0.292 e. The van der Waals surface area contributed by atoms with Gasteiger partial charge in [0.15, 0.2) is 0 Å². The van der Waals surface area contributed by atoms with Crippen LogP contribution in [0.5, 0.6) is 0 Å². The Morgan fingerprint density at radius 2 is 2.04 bits per heavy atom. The SMILES string of the molecule is Cc1ccc(NCCCNC(=O)C2(N)CCCC2)c([N+](=O)[O-])c1. The summed E-state index contributed by atoms with van der Waals surface area (Å²) in [6, 6.07) is 5.08. The number of hydrogen-bond acceptors (Lipinski definition) is 5. The number of benzene rings is 1. The van der Waals surface area contributed by atoms with Crippen LogP contribution in [0.1, 0.15) is 37.7 Å². The largest absolute Gasteiger partial charge is 0.379 e. The summed E-state index contributed by atoms with van der Waals surface area (Å²) in [5.74, 6) is -0.0867. The average Bonchev–Trinajstić information content (AvgIpc) is 2.96. The molecule has 1 aliphatic rings. The molecule has 0 spiro atoms. The molecule has 0 atom stereocenters. The molecule has 1 saturated carbocycles. The number of nitrogens with two attached hydrogens (primary N) is 1. The molecule has 2 rings (SSSR count). The minimum Gasteiger partial charge on any atom is -0.379 e. The van der Waals surface area contributed by atoms with Crippen LogP contribution < -0.4 is 16.4 Å². The number of hydrogen-bond donors (Lipinski definition) is 3. The lowest BCUT2D eigenvalue weighted by Gasteiger charge is -2.22. The Kier molecular flexibility index (Phi) is 5.54. The summed E-state index contributed by atoms with van der Waals surface area (Å²) < 4.78 is 0. The molecule has 0 aromatic heterocycles. The van der Waals surface area contributed by atoms with Gasteiger partial charge in [0.05, 0.1) is 10.5 Å². The van der Waals surface area contributed by atoms with Crippen LogP contribution in [0.4, 0.5) is 11.4 Å². The van der Waals surface area contributed by atoms with Crippen LogP contribution in [0.2, 0.25) is 0 Å². The second-order valence-corrected chi connectivity index (χ2v) is 6.18. The van der Waals surface area contributed by atoms with Crippen molar-refractivity contribution < 1.29 is 9.72 Å². The number of nitro benzene ring substituents is 1. The fourth-order valence-electron chi connectivity index (χ4n) is 2.86. The lowest BCUT2D eigenvalue weighted by Crippen LogP contribution is -2.52. The van der Waals surface area contributed by atoms with Crippen molar-refractivity contribution in [3.8, 4) is 0 Å². The molecule has 1 amide bonds. The van der Waals surface area contributed by atoms with Gasteiger partial charge in [-0.25, -0.2) is 0 Å². The van der Waals surface area contributed by atoms with Crippen molar-refractivity contribution in [2.45, 2.75) is 44.6 Å². The van der Waals surface area contributed by atoms with E-state index >= 15 is 0 Å². The zero-order chi connectivity index (χ0) is 16.9. The summed E-state index contributed by atoms with van der Waals surface area (Å²) in [4.78, 5) is 22.7. The Bertz CT molecular complexity index is 583. The quantitative estimate of drug-likeness (QED) is 0.405. The van der Waals surface area contributed by atoms with Crippen molar-refractivity contribution in [1.29, 1.82) is 0 Å². The highest BCUT2D eigenvalue weighted by Crippen LogP contribution is 2.27. The van der Waals surface area contributed by atoms with Gasteiger partial charge >= 0.3 is 0 Å². The Morgan fingerprint density at radius 1 is 1.35 bits per heavy atom. The van der Waals surface area contributed by atoms with Crippen molar-refractivity contribution >= 4 is 17.3 Å². The Balaban J connectivity index is 1.76. The molecular formula is C16H24N4O3. The predicted octanol–water partition coefficient (Wildman–Crippen LogP) is 2.09. The molecule has 7 heteroatoms. The molecule has 0 unspecified atom stereocenters. The number of carbonyl (C=O) groups excluding carboxylic acids is 1. The zero-order valence-corrected chi connectivity index (χ0v) is 13.4. The van der Waals surface area contributed by atoms with E-state index in [1.165, 1.54) is 0 Å². The highest BCUT2D eigenvalue weighted by Gasteiger charge is 2.36. The van der Waals surface area contributed by atoms with Crippen LogP contribution >= 0.6 is 0 Å². The first kappa shape index (κ1) is 17.2. The molecule has 4 N–H and O–H groups in total. The molecule has 126 valence electrons. The van der Waals surface area contributed by atoms with Crippen molar-refractivity contribution in [3.05, 3.63) is 33.9 Å². The minimum atomic E-state index is -0.705. The van der Waals surface area contributed by atoms with Crippen LogP contribution in [0, 0.1) is 17.0 Å². The number of nitrogens with zero attached hydrogens (tertiary/aromatic N) is 1. The molecule has 0 radical (unpaired) electrons. The van der Waals surface area contributed by atoms with Gasteiger partial charge in [-0.15, -0.1) is 0 Å². The predicted molar refractivity (Wildman–Crippen MR) is 89.3 cm³/mol. The molecule has 0 heterocycles. The van der Waals surface area contributed by atoms with Crippen molar-refractivity contribution in [2.75, 3.05) is 18.4 Å².